The van der Waals surface area contributed by atoms with Crippen LogP contribution in [0.25, 0.3) is 5.78 Å². The Morgan fingerprint density at radius 2 is 2.09 bits per heavy atom. The molecule has 7 nitrogen and oxygen atoms in total. The van der Waals surface area contributed by atoms with E-state index in [-0.39, 0.29) is 23.7 Å². The summed E-state index contributed by atoms with van der Waals surface area (Å²) in [7, 11) is 0. The lowest BCUT2D eigenvalue weighted by molar-refractivity contribution is -0.116. The second-order valence-electron chi connectivity index (χ2n) is 5.16. The van der Waals surface area contributed by atoms with Crippen LogP contribution < -0.4 is 10.9 Å². The first-order chi connectivity index (χ1) is 11.1. The molecule has 116 valence electrons. The summed E-state index contributed by atoms with van der Waals surface area (Å²) in [4.78, 5) is 31.2. The Balaban J connectivity index is 2.03. The number of carbonyl (C=O) groups is 1. The predicted molar refractivity (Wildman–Crippen MR) is 85.2 cm³/mol. The molecule has 0 spiro atoms. The van der Waals surface area contributed by atoms with Crippen molar-refractivity contribution in [1.29, 1.82) is 0 Å². The van der Waals surface area contributed by atoms with Crippen molar-refractivity contribution in [1.82, 2.24) is 19.6 Å². The van der Waals surface area contributed by atoms with Gasteiger partial charge in [0.05, 0.1) is 15.6 Å². The molecule has 1 aromatic carbocycles. The molecule has 1 atom stereocenters. The Morgan fingerprint density at radius 3 is 2.91 bits per heavy atom. The number of hydrogen-bond acceptors (Lipinski definition) is 4. The molecule has 0 aliphatic carbocycles. The summed E-state index contributed by atoms with van der Waals surface area (Å²) in [6.07, 6.45) is 1.39. The normalized spacial score (nSPS) is 17.1. The highest BCUT2D eigenvalue weighted by Gasteiger charge is 2.33. The molecular formula is C14H9Cl2N5O2. The molecule has 1 unspecified atom stereocenters. The number of aromatic nitrogens is 4. The molecule has 0 saturated heterocycles. The highest BCUT2D eigenvalue weighted by molar-refractivity contribution is 6.42. The van der Waals surface area contributed by atoms with Crippen molar-refractivity contribution in [2.24, 2.45) is 0 Å². The number of benzene rings is 1. The zero-order valence-corrected chi connectivity index (χ0v) is 13.0. The van der Waals surface area contributed by atoms with Crippen LogP contribution in [-0.4, -0.2) is 25.5 Å². The molecule has 2 aromatic heterocycles. The minimum Gasteiger partial charge on any atom is -0.310 e. The van der Waals surface area contributed by atoms with E-state index in [1.165, 1.54) is 10.8 Å². The van der Waals surface area contributed by atoms with E-state index >= 15 is 0 Å². The minimum absolute atomic E-state index is 0.0936. The molecule has 0 saturated carbocycles. The fourth-order valence-electron chi connectivity index (χ4n) is 2.85. The van der Waals surface area contributed by atoms with Crippen LogP contribution in [0.15, 0.2) is 29.3 Å². The van der Waals surface area contributed by atoms with Crippen LogP contribution in [0.1, 0.15) is 23.5 Å². The molecule has 0 radical (unpaired) electrons. The highest BCUT2D eigenvalue weighted by atomic mass is 35.5. The number of carbonyl (C=O) groups excluding carboxylic acids is 1. The first-order valence-corrected chi connectivity index (χ1v) is 7.51. The largest absolute Gasteiger partial charge is 0.310 e. The maximum absolute atomic E-state index is 12.5. The van der Waals surface area contributed by atoms with Crippen molar-refractivity contribution in [3.63, 3.8) is 0 Å². The van der Waals surface area contributed by atoms with Gasteiger partial charge < -0.3 is 5.32 Å². The molecule has 2 N–H and O–H groups in total. The summed E-state index contributed by atoms with van der Waals surface area (Å²) >= 11 is 12.3. The Morgan fingerprint density at radius 1 is 1.26 bits per heavy atom. The summed E-state index contributed by atoms with van der Waals surface area (Å²) in [6, 6.07) is 5.15. The van der Waals surface area contributed by atoms with Gasteiger partial charge in [-0.1, -0.05) is 35.3 Å². The molecule has 0 bridgehead atoms. The van der Waals surface area contributed by atoms with Crippen LogP contribution in [0.4, 0.5) is 5.82 Å². The average Bonchev–Trinajstić information content (AvgIpc) is 2.97. The predicted octanol–water partition coefficient (Wildman–Crippen LogP) is 2.20. The second-order valence-corrected chi connectivity index (χ2v) is 5.94. The van der Waals surface area contributed by atoms with Gasteiger partial charge in [-0.2, -0.15) is 14.6 Å². The number of nitrogens with one attached hydrogen (secondary N) is 2. The molecule has 3 aromatic rings. The number of aromatic amines is 1. The second kappa shape index (κ2) is 5.07. The third kappa shape index (κ3) is 2.12. The summed E-state index contributed by atoms with van der Waals surface area (Å²) < 4.78 is 1.39. The maximum atomic E-state index is 12.5. The molecule has 1 amide bonds. The van der Waals surface area contributed by atoms with Gasteiger partial charge in [0.2, 0.25) is 11.7 Å². The van der Waals surface area contributed by atoms with Crippen molar-refractivity contribution in [2.75, 3.05) is 5.32 Å². The third-order valence-electron chi connectivity index (χ3n) is 3.84. The summed E-state index contributed by atoms with van der Waals surface area (Å²) in [5.41, 5.74) is 0.661. The number of H-pyrrole nitrogens is 1. The van der Waals surface area contributed by atoms with E-state index in [0.717, 1.165) is 0 Å². The lowest BCUT2D eigenvalue weighted by atomic mass is 9.87. The fraction of sp³-hybridized carbons (Fsp3) is 0.143. The fourth-order valence-corrected chi connectivity index (χ4v) is 3.29. The van der Waals surface area contributed by atoms with Gasteiger partial charge in [-0.05, 0) is 11.6 Å². The number of hydrogen-bond donors (Lipinski definition) is 2. The smallest absolute Gasteiger partial charge is 0.258 e. The van der Waals surface area contributed by atoms with E-state index in [1.807, 2.05) is 0 Å². The molecule has 23 heavy (non-hydrogen) atoms. The van der Waals surface area contributed by atoms with Crippen LogP contribution in [0.2, 0.25) is 10.0 Å². The third-order valence-corrected chi connectivity index (χ3v) is 4.67. The van der Waals surface area contributed by atoms with E-state index in [0.29, 0.717) is 27.0 Å². The van der Waals surface area contributed by atoms with Gasteiger partial charge in [0, 0.05) is 12.3 Å². The van der Waals surface area contributed by atoms with Gasteiger partial charge in [-0.25, -0.2) is 0 Å². The van der Waals surface area contributed by atoms with Crippen molar-refractivity contribution >= 4 is 40.7 Å². The molecule has 3 heterocycles. The maximum Gasteiger partial charge on any atom is 0.258 e. The zero-order chi connectivity index (χ0) is 16.1. The van der Waals surface area contributed by atoms with Crippen molar-refractivity contribution in [2.45, 2.75) is 12.3 Å². The molecule has 9 heteroatoms. The van der Waals surface area contributed by atoms with Gasteiger partial charge in [0.25, 0.3) is 5.56 Å². The highest BCUT2D eigenvalue weighted by Crippen LogP contribution is 2.39. The number of nitrogens with zero attached hydrogens (tertiary/aromatic N) is 3. The summed E-state index contributed by atoms with van der Waals surface area (Å²) in [5, 5.41) is 7.43. The van der Waals surface area contributed by atoms with E-state index in [2.05, 4.69) is 20.4 Å². The zero-order valence-electron chi connectivity index (χ0n) is 11.5. The first-order valence-electron chi connectivity index (χ1n) is 6.76. The van der Waals surface area contributed by atoms with Gasteiger partial charge >= 0.3 is 0 Å². The van der Waals surface area contributed by atoms with Crippen LogP contribution in [0.3, 0.4) is 0 Å². The number of anilines is 1. The average molecular weight is 350 g/mol. The lowest BCUT2D eigenvalue weighted by Crippen LogP contribution is -2.32. The standard InChI is InChI=1S/C14H9Cl2N5O2/c15-8-3-1-2-6(11(8)16)7-4-9(22)19-12-10(7)13(23)20-14-17-5-18-21(12)14/h1-3,5,7H,4H2,(H,19,22)(H,17,18,20,23). The Hall–Kier alpha value is -2.38. The molecular weight excluding hydrogens is 341 g/mol. The Kier molecular flexibility index (Phi) is 3.14. The lowest BCUT2D eigenvalue weighted by Gasteiger charge is -2.25. The van der Waals surface area contributed by atoms with Gasteiger partial charge in [-0.15, -0.1) is 0 Å². The van der Waals surface area contributed by atoms with Crippen molar-refractivity contribution in [3.05, 3.63) is 56.1 Å². The Bertz CT molecular complexity index is 1010. The van der Waals surface area contributed by atoms with Crippen molar-refractivity contribution in [3.8, 4) is 0 Å². The van der Waals surface area contributed by atoms with Crippen LogP contribution in [0, 0.1) is 0 Å². The van der Waals surface area contributed by atoms with E-state index in [9.17, 15) is 9.59 Å². The van der Waals surface area contributed by atoms with Gasteiger partial charge in [-0.3, -0.25) is 14.6 Å². The Labute approximate surface area is 139 Å². The van der Waals surface area contributed by atoms with Crippen LogP contribution >= 0.6 is 23.2 Å². The van der Waals surface area contributed by atoms with Crippen molar-refractivity contribution < 1.29 is 4.79 Å². The SMILES string of the molecule is O=C1CC(c2cccc(Cl)c2Cl)c2c(n3ncnc3[nH]c2=O)N1. The summed E-state index contributed by atoms with van der Waals surface area (Å²) in [5.74, 6) is -0.186. The van der Waals surface area contributed by atoms with E-state index in [1.54, 1.807) is 18.2 Å². The van der Waals surface area contributed by atoms with E-state index < -0.39 is 5.92 Å². The van der Waals surface area contributed by atoms with E-state index in [4.69, 9.17) is 23.2 Å². The minimum atomic E-state index is -0.512. The molecule has 1 aliphatic heterocycles. The number of rotatable bonds is 1. The van der Waals surface area contributed by atoms with Gasteiger partial charge in [0.1, 0.15) is 12.1 Å². The van der Waals surface area contributed by atoms with Gasteiger partial charge in [0.15, 0.2) is 0 Å². The summed E-state index contributed by atoms with van der Waals surface area (Å²) in [6.45, 7) is 0. The van der Waals surface area contributed by atoms with Crippen LogP contribution in [0.5, 0.6) is 0 Å². The molecule has 1 aliphatic rings. The first kappa shape index (κ1) is 14.2. The molecule has 0 fully saturated rings. The topological polar surface area (TPSA) is 92.2 Å². The quantitative estimate of drug-likeness (QED) is 0.704. The number of halogens is 2. The monoisotopic (exact) mass is 349 g/mol. The van der Waals surface area contributed by atoms with Crippen LogP contribution in [-0.2, 0) is 4.79 Å². The molecule has 4 rings (SSSR count). The number of fused-ring (bicyclic) bond motifs is 3. The number of amides is 1.